The lowest BCUT2D eigenvalue weighted by atomic mass is 10.0. The minimum Gasteiger partial charge on any atom is -0.336 e. The number of carbonyl (C=O) groups is 2. The van der Waals surface area contributed by atoms with E-state index in [1.165, 1.54) is 12.1 Å². The molecule has 0 saturated carbocycles. The van der Waals surface area contributed by atoms with Gasteiger partial charge in [-0.2, -0.15) is 4.31 Å². The van der Waals surface area contributed by atoms with Crippen molar-refractivity contribution in [1.29, 1.82) is 0 Å². The second-order valence-electron chi connectivity index (χ2n) is 9.71. The van der Waals surface area contributed by atoms with E-state index in [9.17, 15) is 18.0 Å². The van der Waals surface area contributed by atoms with Crippen LogP contribution in [-0.4, -0.2) is 79.1 Å². The van der Waals surface area contributed by atoms with Gasteiger partial charge in [0, 0.05) is 44.0 Å². The number of carbonyl (C=O) groups excluding carboxylic acids is 2. The SMILES string of the molecule is CCN1CCN(C(=O)c2ccccc2C(=O)Nc2ccc(S(=O)(=O)N3[C@@H](C)CCC[C@@H]3C)cc2)CC1. The number of hydrogen-bond donors (Lipinski definition) is 1. The van der Waals surface area contributed by atoms with E-state index in [1.807, 2.05) is 13.8 Å². The predicted molar refractivity (Wildman–Crippen MR) is 141 cm³/mol. The molecule has 2 heterocycles. The zero-order chi connectivity index (χ0) is 25.9. The second-order valence-corrected chi connectivity index (χ2v) is 11.6. The largest absolute Gasteiger partial charge is 0.336 e. The first-order chi connectivity index (χ1) is 17.2. The second kappa shape index (κ2) is 11.1. The molecule has 0 aromatic heterocycles. The van der Waals surface area contributed by atoms with Gasteiger partial charge < -0.3 is 15.1 Å². The van der Waals surface area contributed by atoms with Gasteiger partial charge in [-0.1, -0.05) is 25.5 Å². The number of benzene rings is 2. The Morgan fingerprint density at radius 3 is 2.06 bits per heavy atom. The lowest BCUT2D eigenvalue weighted by Gasteiger charge is -2.37. The standard InChI is InChI=1S/C27H36N4O4S/c1-4-29-16-18-30(19-17-29)27(33)25-11-6-5-10-24(25)26(32)28-22-12-14-23(15-13-22)36(34,35)31-20(2)8-7-9-21(31)3/h5-6,10-15,20-21H,4,7-9,16-19H2,1-3H3,(H,28,32)/t20-,21-/m0/s1. The van der Waals surface area contributed by atoms with Gasteiger partial charge in [-0.25, -0.2) is 8.42 Å². The first-order valence-electron chi connectivity index (χ1n) is 12.8. The molecular weight excluding hydrogens is 476 g/mol. The maximum atomic E-state index is 13.3. The summed E-state index contributed by atoms with van der Waals surface area (Å²) in [6, 6.07) is 13.0. The molecule has 0 unspecified atom stereocenters. The van der Waals surface area contributed by atoms with E-state index in [1.54, 1.807) is 45.6 Å². The Labute approximate surface area is 214 Å². The third kappa shape index (κ3) is 5.48. The van der Waals surface area contributed by atoms with Crippen LogP contribution < -0.4 is 5.32 Å². The third-order valence-corrected chi connectivity index (χ3v) is 9.45. The van der Waals surface area contributed by atoms with Crippen LogP contribution in [0.4, 0.5) is 5.69 Å². The minimum absolute atomic E-state index is 0.0443. The van der Waals surface area contributed by atoms with Crippen molar-refractivity contribution in [2.75, 3.05) is 38.0 Å². The molecule has 36 heavy (non-hydrogen) atoms. The number of nitrogens with one attached hydrogen (secondary N) is 1. The van der Waals surface area contributed by atoms with Gasteiger partial charge in [0.15, 0.2) is 0 Å². The first kappa shape index (κ1) is 26.3. The molecule has 2 fully saturated rings. The summed E-state index contributed by atoms with van der Waals surface area (Å²) in [6.45, 7) is 9.86. The van der Waals surface area contributed by atoms with Gasteiger partial charge in [0.05, 0.1) is 16.0 Å². The van der Waals surface area contributed by atoms with Gasteiger partial charge in [0.25, 0.3) is 11.8 Å². The highest BCUT2D eigenvalue weighted by Gasteiger charge is 2.35. The minimum atomic E-state index is -3.63. The summed E-state index contributed by atoms with van der Waals surface area (Å²) in [5.41, 5.74) is 1.14. The average molecular weight is 513 g/mol. The van der Waals surface area contributed by atoms with E-state index in [0.29, 0.717) is 29.9 Å². The zero-order valence-electron chi connectivity index (χ0n) is 21.3. The van der Waals surface area contributed by atoms with Crippen LogP contribution >= 0.6 is 0 Å². The fourth-order valence-corrected chi connectivity index (χ4v) is 7.09. The molecule has 4 rings (SSSR count). The average Bonchev–Trinajstić information content (AvgIpc) is 2.88. The van der Waals surface area contributed by atoms with Crippen LogP contribution in [0, 0.1) is 0 Å². The maximum Gasteiger partial charge on any atom is 0.256 e. The molecule has 194 valence electrons. The summed E-state index contributed by atoms with van der Waals surface area (Å²) in [5.74, 6) is -0.553. The Kier molecular flexibility index (Phi) is 8.12. The molecule has 0 aliphatic carbocycles. The van der Waals surface area contributed by atoms with Gasteiger partial charge in [-0.3, -0.25) is 9.59 Å². The van der Waals surface area contributed by atoms with Gasteiger partial charge in [0.1, 0.15) is 0 Å². The number of piperidine rings is 1. The highest BCUT2D eigenvalue weighted by Crippen LogP contribution is 2.30. The zero-order valence-corrected chi connectivity index (χ0v) is 22.1. The lowest BCUT2D eigenvalue weighted by Crippen LogP contribution is -2.48. The summed E-state index contributed by atoms with van der Waals surface area (Å²) in [7, 11) is -3.63. The van der Waals surface area contributed by atoms with Crippen LogP contribution in [0.2, 0.25) is 0 Å². The number of rotatable bonds is 6. The summed E-state index contributed by atoms with van der Waals surface area (Å²) in [4.78, 5) is 30.6. The smallest absolute Gasteiger partial charge is 0.256 e. The quantitative estimate of drug-likeness (QED) is 0.638. The predicted octanol–water partition coefficient (Wildman–Crippen LogP) is 3.67. The summed E-state index contributed by atoms with van der Waals surface area (Å²) < 4.78 is 28.1. The van der Waals surface area contributed by atoms with Crippen LogP contribution in [0.5, 0.6) is 0 Å². The van der Waals surface area contributed by atoms with Crippen molar-refractivity contribution in [2.24, 2.45) is 0 Å². The van der Waals surface area contributed by atoms with Crippen LogP contribution in [0.15, 0.2) is 53.4 Å². The van der Waals surface area contributed by atoms with Crippen LogP contribution in [0.1, 0.15) is 60.7 Å². The molecule has 2 aromatic rings. The number of likely N-dealkylation sites (N-methyl/N-ethyl adjacent to an activating group) is 1. The Hall–Kier alpha value is -2.75. The third-order valence-electron chi connectivity index (χ3n) is 7.31. The molecule has 2 aliphatic rings. The molecule has 0 spiro atoms. The van der Waals surface area contributed by atoms with E-state index in [-0.39, 0.29) is 22.9 Å². The Morgan fingerprint density at radius 1 is 0.889 bits per heavy atom. The van der Waals surface area contributed by atoms with Crippen molar-refractivity contribution in [2.45, 2.75) is 57.0 Å². The number of hydrogen-bond acceptors (Lipinski definition) is 5. The number of amides is 2. The van der Waals surface area contributed by atoms with Crippen LogP contribution in [0.3, 0.4) is 0 Å². The van der Waals surface area contributed by atoms with Crippen molar-refractivity contribution in [3.63, 3.8) is 0 Å². The Balaban J connectivity index is 1.48. The molecule has 0 radical (unpaired) electrons. The van der Waals surface area contributed by atoms with Crippen molar-refractivity contribution < 1.29 is 18.0 Å². The Morgan fingerprint density at radius 2 is 1.47 bits per heavy atom. The summed E-state index contributed by atoms with van der Waals surface area (Å²) >= 11 is 0. The van der Waals surface area contributed by atoms with Gasteiger partial charge in [0.2, 0.25) is 10.0 Å². The summed E-state index contributed by atoms with van der Waals surface area (Å²) in [6.07, 6.45) is 2.73. The van der Waals surface area contributed by atoms with Gasteiger partial charge >= 0.3 is 0 Å². The molecule has 2 aromatic carbocycles. The topological polar surface area (TPSA) is 90.0 Å². The maximum absolute atomic E-state index is 13.3. The lowest BCUT2D eigenvalue weighted by molar-refractivity contribution is 0.0640. The monoisotopic (exact) mass is 512 g/mol. The van der Waals surface area contributed by atoms with E-state index in [0.717, 1.165) is 38.9 Å². The molecular formula is C27H36N4O4S. The molecule has 2 saturated heterocycles. The molecule has 2 atom stereocenters. The van der Waals surface area contributed by atoms with Crippen LogP contribution in [0.25, 0.3) is 0 Å². The Bertz CT molecular complexity index is 1180. The van der Waals surface area contributed by atoms with E-state index in [2.05, 4.69) is 17.1 Å². The molecule has 1 N–H and O–H groups in total. The molecule has 8 nitrogen and oxygen atoms in total. The van der Waals surface area contributed by atoms with E-state index < -0.39 is 15.9 Å². The fourth-order valence-electron chi connectivity index (χ4n) is 5.21. The van der Waals surface area contributed by atoms with Crippen molar-refractivity contribution in [3.8, 4) is 0 Å². The van der Waals surface area contributed by atoms with Crippen LogP contribution in [-0.2, 0) is 10.0 Å². The molecule has 2 aliphatic heterocycles. The van der Waals surface area contributed by atoms with Crippen molar-refractivity contribution >= 4 is 27.5 Å². The van der Waals surface area contributed by atoms with Crippen molar-refractivity contribution in [3.05, 3.63) is 59.7 Å². The normalized spacial score (nSPS) is 21.8. The van der Waals surface area contributed by atoms with Crippen molar-refractivity contribution in [1.82, 2.24) is 14.1 Å². The van der Waals surface area contributed by atoms with Gasteiger partial charge in [-0.05, 0) is 69.6 Å². The molecule has 9 heteroatoms. The number of piperazine rings is 1. The number of anilines is 1. The fraction of sp³-hybridized carbons (Fsp3) is 0.481. The first-order valence-corrected chi connectivity index (χ1v) is 14.2. The highest BCUT2D eigenvalue weighted by atomic mass is 32.2. The molecule has 2 amide bonds. The van der Waals surface area contributed by atoms with Gasteiger partial charge in [-0.15, -0.1) is 0 Å². The number of sulfonamides is 1. The highest BCUT2D eigenvalue weighted by molar-refractivity contribution is 7.89. The summed E-state index contributed by atoms with van der Waals surface area (Å²) in [5, 5.41) is 2.82. The number of nitrogens with zero attached hydrogens (tertiary/aromatic N) is 3. The van der Waals surface area contributed by atoms with E-state index in [4.69, 9.17) is 0 Å². The van der Waals surface area contributed by atoms with E-state index >= 15 is 0 Å². The molecule has 0 bridgehead atoms.